The summed E-state index contributed by atoms with van der Waals surface area (Å²) < 4.78 is 21.9. The minimum absolute atomic E-state index is 0.00978. The second kappa shape index (κ2) is 8.38. The van der Waals surface area contributed by atoms with Crippen LogP contribution in [0.2, 0.25) is 6.32 Å². The molecule has 1 N–H and O–H groups in total. The van der Waals surface area contributed by atoms with Crippen LogP contribution in [0.4, 0.5) is 0 Å². The summed E-state index contributed by atoms with van der Waals surface area (Å²) >= 11 is 0. The second-order valence-electron chi connectivity index (χ2n) is 5.91. The van der Waals surface area contributed by atoms with Gasteiger partial charge >= 0.3 is 7.12 Å². The van der Waals surface area contributed by atoms with E-state index in [1.807, 2.05) is 38.1 Å². The lowest BCUT2D eigenvalue weighted by atomic mass is 9.81. The van der Waals surface area contributed by atoms with E-state index >= 15 is 0 Å². The third-order valence-corrected chi connectivity index (χ3v) is 4.13. The third-order valence-electron chi connectivity index (χ3n) is 4.13. The van der Waals surface area contributed by atoms with Gasteiger partial charge in [0.25, 0.3) is 0 Å². The molecule has 7 nitrogen and oxygen atoms in total. The highest BCUT2D eigenvalue weighted by Gasteiger charge is 2.31. The number of hydrogen-bond acceptors (Lipinski definition) is 7. The van der Waals surface area contributed by atoms with Crippen molar-refractivity contribution in [3.63, 3.8) is 0 Å². The molecule has 1 atom stereocenters. The molecule has 0 spiro atoms. The van der Waals surface area contributed by atoms with Crippen LogP contribution in [-0.2, 0) is 4.65 Å². The standard InChI is InChI=1S/C18H23BN2O5/c1-4-24-16-8-12(6-7-15(16)23-3)18-20-14(9-17(21-18)25-5-2)13-10-19(22)26-11-13/h6-9,13,22H,4-5,10-11H2,1-3H3/t13-/m1/s1. The Kier molecular flexibility index (Phi) is 5.95. The van der Waals surface area contributed by atoms with Crippen molar-refractivity contribution in [3.8, 4) is 28.8 Å². The maximum Gasteiger partial charge on any atom is 0.454 e. The van der Waals surface area contributed by atoms with Gasteiger partial charge in [-0.3, -0.25) is 0 Å². The smallest absolute Gasteiger partial charge is 0.454 e. The van der Waals surface area contributed by atoms with E-state index in [1.54, 1.807) is 7.11 Å². The van der Waals surface area contributed by atoms with Crippen LogP contribution in [0, 0.1) is 0 Å². The molecule has 0 aliphatic carbocycles. The first-order valence-electron chi connectivity index (χ1n) is 8.77. The van der Waals surface area contributed by atoms with Crippen LogP contribution in [-0.4, -0.2) is 49.0 Å². The molecule has 1 aliphatic heterocycles. The van der Waals surface area contributed by atoms with Crippen molar-refractivity contribution in [2.24, 2.45) is 0 Å². The molecule has 0 amide bonds. The van der Waals surface area contributed by atoms with Gasteiger partial charge in [0.05, 0.1) is 26.0 Å². The summed E-state index contributed by atoms with van der Waals surface area (Å²) in [6.45, 7) is 5.29. The Hall–Kier alpha value is -2.32. The van der Waals surface area contributed by atoms with Crippen molar-refractivity contribution in [2.75, 3.05) is 26.9 Å². The molecular weight excluding hydrogens is 335 g/mol. The summed E-state index contributed by atoms with van der Waals surface area (Å²) in [6, 6.07) is 7.39. The van der Waals surface area contributed by atoms with Gasteiger partial charge in [-0.2, -0.15) is 4.98 Å². The van der Waals surface area contributed by atoms with E-state index < -0.39 is 7.12 Å². The molecule has 0 unspecified atom stereocenters. The van der Waals surface area contributed by atoms with Crippen LogP contribution in [0.25, 0.3) is 11.4 Å². The molecule has 8 heteroatoms. The minimum atomic E-state index is -0.750. The van der Waals surface area contributed by atoms with E-state index in [0.29, 0.717) is 49.3 Å². The van der Waals surface area contributed by atoms with Crippen LogP contribution in [0.1, 0.15) is 25.5 Å². The van der Waals surface area contributed by atoms with Crippen molar-refractivity contribution >= 4 is 7.12 Å². The lowest BCUT2D eigenvalue weighted by molar-refractivity contribution is 0.290. The van der Waals surface area contributed by atoms with Crippen LogP contribution in [0.3, 0.4) is 0 Å². The molecule has 0 saturated carbocycles. The molecule has 2 heterocycles. The molecule has 3 rings (SSSR count). The number of nitrogens with zero attached hydrogens (tertiary/aromatic N) is 2. The van der Waals surface area contributed by atoms with Crippen LogP contribution < -0.4 is 14.2 Å². The van der Waals surface area contributed by atoms with E-state index in [0.717, 1.165) is 11.3 Å². The van der Waals surface area contributed by atoms with E-state index in [2.05, 4.69) is 9.97 Å². The van der Waals surface area contributed by atoms with Crippen LogP contribution >= 0.6 is 0 Å². The lowest BCUT2D eigenvalue weighted by Gasteiger charge is -2.14. The summed E-state index contributed by atoms with van der Waals surface area (Å²) in [6.07, 6.45) is 0.509. The summed E-state index contributed by atoms with van der Waals surface area (Å²) in [4.78, 5) is 9.19. The number of aromatic nitrogens is 2. The normalized spacial score (nSPS) is 16.6. The largest absolute Gasteiger partial charge is 0.493 e. The molecule has 0 bridgehead atoms. The first-order chi connectivity index (χ1) is 12.6. The second-order valence-corrected chi connectivity index (χ2v) is 5.91. The van der Waals surface area contributed by atoms with Crippen molar-refractivity contribution in [1.29, 1.82) is 0 Å². The van der Waals surface area contributed by atoms with E-state index in [4.69, 9.17) is 18.9 Å². The first-order valence-corrected chi connectivity index (χ1v) is 8.77. The fourth-order valence-corrected chi connectivity index (χ4v) is 2.90. The minimum Gasteiger partial charge on any atom is -0.493 e. The Morgan fingerprint density at radius 3 is 2.62 bits per heavy atom. The van der Waals surface area contributed by atoms with E-state index in [9.17, 15) is 5.02 Å². The average Bonchev–Trinajstić information content (AvgIpc) is 3.08. The quantitative estimate of drug-likeness (QED) is 0.762. The number of benzene rings is 1. The highest BCUT2D eigenvalue weighted by atomic mass is 16.5. The Morgan fingerprint density at radius 1 is 1.15 bits per heavy atom. The van der Waals surface area contributed by atoms with E-state index in [1.165, 1.54) is 0 Å². The van der Waals surface area contributed by atoms with Gasteiger partial charge in [-0.1, -0.05) is 0 Å². The zero-order valence-corrected chi connectivity index (χ0v) is 15.3. The Balaban J connectivity index is 2.00. The zero-order valence-electron chi connectivity index (χ0n) is 15.3. The molecular formula is C18H23BN2O5. The highest BCUT2D eigenvalue weighted by molar-refractivity contribution is 6.43. The lowest BCUT2D eigenvalue weighted by Crippen LogP contribution is -2.08. The summed E-state index contributed by atoms with van der Waals surface area (Å²) in [7, 11) is 0.854. The van der Waals surface area contributed by atoms with Crippen LogP contribution in [0.5, 0.6) is 17.4 Å². The fourth-order valence-electron chi connectivity index (χ4n) is 2.90. The monoisotopic (exact) mass is 358 g/mol. The Bertz CT molecular complexity index is 758. The number of methoxy groups -OCH3 is 1. The molecule has 0 radical (unpaired) electrons. The van der Waals surface area contributed by atoms with Gasteiger partial charge < -0.3 is 23.9 Å². The molecule has 26 heavy (non-hydrogen) atoms. The molecule has 1 aromatic carbocycles. The molecule has 138 valence electrons. The number of ether oxygens (including phenoxy) is 3. The van der Waals surface area contributed by atoms with Gasteiger partial charge in [-0.15, -0.1) is 0 Å². The Morgan fingerprint density at radius 2 is 1.96 bits per heavy atom. The molecule has 1 aromatic heterocycles. The summed E-state index contributed by atoms with van der Waals surface area (Å²) in [5.41, 5.74) is 1.60. The molecule has 2 aromatic rings. The van der Waals surface area contributed by atoms with Gasteiger partial charge in [0.2, 0.25) is 5.88 Å². The van der Waals surface area contributed by atoms with E-state index in [-0.39, 0.29) is 5.92 Å². The number of hydrogen-bond donors (Lipinski definition) is 1. The molecule has 1 saturated heterocycles. The van der Waals surface area contributed by atoms with Gasteiger partial charge in [0, 0.05) is 24.2 Å². The predicted octanol–water partition coefficient (Wildman–Crippen LogP) is 2.54. The van der Waals surface area contributed by atoms with Crippen molar-refractivity contribution in [3.05, 3.63) is 30.0 Å². The average molecular weight is 358 g/mol. The van der Waals surface area contributed by atoms with Crippen molar-refractivity contribution in [2.45, 2.75) is 26.1 Å². The van der Waals surface area contributed by atoms with Crippen molar-refractivity contribution in [1.82, 2.24) is 9.97 Å². The van der Waals surface area contributed by atoms with Gasteiger partial charge in [-0.25, -0.2) is 4.98 Å². The Labute approximate surface area is 153 Å². The first kappa shape index (κ1) is 18.5. The molecule has 1 fully saturated rings. The maximum atomic E-state index is 9.65. The maximum absolute atomic E-state index is 9.65. The zero-order chi connectivity index (χ0) is 18.5. The SMILES string of the molecule is CCOc1cc([C@H]2COB(O)C2)nc(-c2ccc(OC)c(OCC)c2)n1. The molecule has 1 aliphatic rings. The van der Waals surface area contributed by atoms with Gasteiger partial charge in [0.15, 0.2) is 17.3 Å². The summed E-state index contributed by atoms with van der Waals surface area (Å²) in [5.74, 6) is 2.34. The predicted molar refractivity (Wildman–Crippen MR) is 97.8 cm³/mol. The topological polar surface area (TPSA) is 82.9 Å². The van der Waals surface area contributed by atoms with Gasteiger partial charge in [0.1, 0.15) is 0 Å². The van der Waals surface area contributed by atoms with Gasteiger partial charge in [-0.05, 0) is 38.4 Å². The fraction of sp³-hybridized carbons (Fsp3) is 0.444. The number of rotatable bonds is 7. The highest BCUT2D eigenvalue weighted by Crippen LogP contribution is 2.34. The summed E-state index contributed by atoms with van der Waals surface area (Å²) in [5, 5.41) is 9.65. The van der Waals surface area contributed by atoms with Crippen molar-refractivity contribution < 1.29 is 23.9 Å². The third kappa shape index (κ3) is 4.08. The van der Waals surface area contributed by atoms with Crippen LogP contribution in [0.15, 0.2) is 24.3 Å².